The largest absolute Gasteiger partial charge is 0.0620 e. The summed E-state index contributed by atoms with van der Waals surface area (Å²) in [6, 6.07) is 30.2. The van der Waals surface area contributed by atoms with Crippen LogP contribution in [0.1, 0.15) is 24.0 Å². The molecule has 0 radical (unpaired) electrons. The second-order valence-electron chi connectivity index (χ2n) is 6.48. The maximum Gasteiger partial charge on any atom is -0.0105 e. The highest BCUT2D eigenvalue weighted by Gasteiger charge is 2.06. The molecule has 0 atom stereocenters. The molecule has 0 bridgehead atoms. The molecule has 118 valence electrons. The highest BCUT2D eigenvalue weighted by Crippen LogP contribution is 2.24. The minimum Gasteiger partial charge on any atom is -0.0620 e. The zero-order chi connectivity index (χ0) is 16.2. The first kappa shape index (κ1) is 15.0. The molecule has 0 aliphatic heterocycles. The van der Waals surface area contributed by atoms with Crippen molar-refractivity contribution in [3.8, 4) is 0 Å². The van der Waals surface area contributed by atoms with E-state index in [9.17, 15) is 0 Å². The van der Waals surface area contributed by atoms with Crippen molar-refractivity contribution in [2.75, 3.05) is 0 Å². The maximum atomic E-state index is 2.26. The van der Waals surface area contributed by atoms with E-state index in [1.54, 1.807) is 11.1 Å². The first-order valence-corrected chi connectivity index (χ1v) is 8.85. The van der Waals surface area contributed by atoms with E-state index >= 15 is 0 Å². The molecule has 0 aromatic heterocycles. The third-order valence-electron chi connectivity index (χ3n) is 4.91. The average molecular weight is 310 g/mol. The summed E-state index contributed by atoms with van der Waals surface area (Å²) < 4.78 is 0. The van der Waals surface area contributed by atoms with E-state index in [-0.39, 0.29) is 0 Å². The van der Waals surface area contributed by atoms with Gasteiger partial charge in [0.25, 0.3) is 0 Å². The van der Waals surface area contributed by atoms with Crippen LogP contribution >= 0.6 is 0 Å². The Labute approximate surface area is 143 Å². The number of fused-ring (bicyclic) bond motifs is 4. The average Bonchev–Trinajstić information content (AvgIpc) is 2.68. The van der Waals surface area contributed by atoms with E-state index in [4.69, 9.17) is 0 Å². The lowest BCUT2D eigenvalue weighted by Crippen LogP contribution is -2.00. The van der Waals surface area contributed by atoms with Crippen LogP contribution in [0.25, 0.3) is 21.5 Å². The summed E-state index contributed by atoms with van der Waals surface area (Å²) in [4.78, 5) is 0. The van der Waals surface area contributed by atoms with Crippen LogP contribution in [-0.2, 0) is 12.8 Å². The molecular weight excluding hydrogens is 288 g/mol. The fourth-order valence-electron chi connectivity index (χ4n) is 3.63. The Morgan fingerprint density at radius 3 is 1.33 bits per heavy atom. The number of rotatable bonds is 0. The minimum atomic E-state index is 1.30. The molecule has 0 spiro atoms. The fourth-order valence-corrected chi connectivity index (χ4v) is 3.63. The lowest BCUT2D eigenvalue weighted by atomic mass is 9.92. The van der Waals surface area contributed by atoms with Gasteiger partial charge >= 0.3 is 0 Å². The van der Waals surface area contributed by atoms with Crippen molar-refractivity contribution in [3.05, 3.63) is 96.1 Å². The van der Waals surface area contributed by atoms with Crippen molar-refractivity contribution in [2.45, 2.75) is 25.7 Å². The maximum absolute atomic E-state index is 2.26. The van der Waals surface area contributed by atoms with Crippen molar-refractivity contribution in [1.29, 1.82) is 0 Å². The quantitative estimate of drug-likeness (QED) is 0.323. The van der Waals surface area contributed by atoms with Gasteiger partial charge in [-0.25, -0.2) is 0 Å². The second-order valence-corrected chi connectivity index (χ2v) is 6.48. The normalized spacial score (nSPS) is 13.2. The number of hydrogen-bond donors (Lipinski definition) is 0. The molecule has 0 unspecified atom stereocenters. The van der Waals surface area contributed by atoms with Gasteiger partial charge in [-0.3, -0.25) is 0 Å². The van der Waals surface area contributed by atoms with E-state index in [1.807, 2.05) is 0 Å². The van der Waals surface area contributed by atoms with Gasteiger partial charge in [0.05, 0.1) is 0 Å². The van der Waals surface area contributed by atoms with E-state index < -0.39 is 0 Å². The molecule has 1 aliphatic carbocycles. The first-order valence-electron chi connectivity index (χ1n) is 8.85. The Morgan fingerprint density at radius 1 is 0.417 bits per heavy atom. The molecule has 0 amide bonds. The molecule has 0 nitrogen and oxygen atoms in total. The van der Waals surface area contributed by atoms with Crippen LogP contribution in [0.3, 0.4) is 0 Å². The number of aryl methyl sites for hydroxylation is 2. The number of benzene rings is 4. The summed E-state index contributed by atoms with van der Waals surface area (Å²) >= 11 is 0. The topological polar surface area (TPSA) is 0 Å². The van der Waals surface area contributed by atoms with E-state index in [0.717, 1.165) is 0 Å². The number of hydrogen-bond acceptors (Lipinski definition) is 0. The Bertz CT molecular complexity index is 886. The predicted octanol–water partition coefficient (Wildman–Crippen LogP) is 6.56. The summed E-state index contributed by atoms with van der Waals surface area (Å²) in [5.41, 5.74) is 3.16. The molecule has 0 heterocycles. The van der Waals surface area contributed by atoms with Gasteiger partial charge in [-0.1, -0.05) is 84.9 Å². The zero-order valence-corrected chi connectivity index (χ0v) is 13.9. The van der Waals surface area contributed by atoms with Crippen molar-refractivity contribution in [2.24, 2.45) is 0 Å². The van der Waals surface area contributed by atoms with Crippen LogP contribution in [0, 0.1) is 0 Å². The van der Waals surface area contributed by atoms with Gasteiger partial charge in [0, 0.05) is 0 Å². The van der Waals surface area contributed by atoms with E-state index in [2.05, 4.69) is 84.9 Å². The predicted molar refractivity (Wildman–Crippen MR) is 105 cm³/mol. The summed E-state index contributed by atoms with van der Waals surface area (Å²) in [7, 11) is 0. The van der Waals surface area contributed by atoms with E-state index in [0.29, 0.717) is 0 Å². The van der Waals surface area contributed by atoms with Gasteiger partial charge in [-0.15, -0.1) is 0 Å². The van der Waals surface area contributed by atoms with Crippen LogP contribution < -0.4 is 0 Å². The lowest BCUT2D eigenvalue weighted by molar-refractivity contribution is 0.685. The third kappa shape index (κ3) is 3.05. The summed E-state index contributed by atoms with van der Waals surface area (Å²) in [5, 5.41) is 5.30. The van der Waals surface area contributed by atoms with Crippen LogP contribution in [-0.4, -0.2) is 0 Å². The van der Waals surface area contributed by atoms with Crippen molar-refractivity contribution < 1.29 is 0 Å². The first-order chi connectivity index (χ1) is 11.9. The third-order valence-corrected chi connectivity index (χ3v) is 4.91. The van der Waals surface area contributed by atoms with Crippen molar-refractivity contribution in [1.82, 2.24) is 0 Å². The second kappa shape index (κ2) is 6.88. The van der Waals surface area contributed by atoms with Gasteiger partial charge in [-0.2, -0.15) is 0 Å². The van der Waals surface area contributed by atoms with Gasteiger partial charge < -0.3 is 0 Å². The Hall–Kier alpha value is -2.60. The molecule has 0 saturated carbocycles. The van der Waals surface area contributed by atoms with Crippen LogP contribution in [0.15, 0.2) is 84.9 Å². The molecule has 0 saturated heterocycles. The van der Waals surface area contributed by atoms with Gasteiger partial charge in [0.15, 0.2) is 0 Å². The highest BCUT2D eigenvalue weighted by molar-refractivity contribution is 6.07. The van der Waals surface area contributed by atoms with Crippen molar-refractivity contribution >= 4 is 21.5 Å². The Kier molecular flexibility index (Phi) is 4.29. The lowest BCUT2D eigenvalue weighted by Gasteiger charge is -2.13. The Balaban J connectivity index is 0.000000129. The monoisotopic (exact) mass is 310 g/mol. The standard InChI is InChI=1S/C14H10.C10H12/c1-3-7-13-11(5-1)9-10-12-6-2-4-8-14(12)13;1-2-6-10-8-4-3-7-9(10)5-1/h1-10H;1-2,5-6H,3-4,7-8H2. The zero-order valence-electron chi connectivity index (χ0n) is 13.9. The summed E-state index contributed by atoms with van der Waals surface area (Å²) in [5.74, 6) is 0. The SMILES string of the molecule is c1ccc2c(c1)CCCC2.c1ccc2c(c1)ccc1ccccc12. The van der Waals surface area contributed by atoms with Gasteiger partial charge in [-0.05, 0) is 58.4 Å². The highest BCUT2D eigenvalue weighted by atomic mass is 14.1. The van der Waals surface area contributed by atoms with Crippen molar-refractivity contribution in [3.63, 3.8) is 0 Å². The van der Waals surface area contributed by atoms with Gasteiger partial charge in [0.2, 0.25) is 0 Å². The van der Waals surface area contributed by atoms with Crippen LogP contribution in [0.5, 0.6) is 0 Å². The van der Waals surface area contributed by atoms with E-state index in [1.165, 1.54) is 47.2 Å². The van der Waals surface area contributed by atoms with Gasteiger partial charge in [0.1, 0.15) is 0 Å². The fraction of sp³-hybridized carbons (Fsp3) is 0.167. The molecule has 4 aromatic carbocycles. The van der Waals surface area contributed by atoms with Crippen LogP contribution in [0.4, 0.5) is 0 Å². The summed E-state index contributed by atoms with van der Waals surface area (Å²) in [6.07, 6.45) is 5.38. The molecule has 1 aliphatic rings. The van der Waals surface area contributed by atoms with Crippen LogP contribution in [0.2, 0.25) is 0 Å². The molecule has 5 rings (SSSR count). The molecule has 0 heteroatoms. The minimum absolute atomic E-state index is 1.30. The Morgan fingerprint density at radius 2 is 0.833 bits per heavy atom. The summed E-state index contributed by atoms with van der Waals surface area (Å²) in [6.45, 7) is 0. The molecule has 4 aromatic rings. The molecular formula is C24H22. The smallest absolute Gasteiger partial charge is 0.0105 e. The molecule has 0 fully saturated rings. The molecule has 0 N–H and O–H groups in total. The molecule has 24 heavy (non-hydrogen) atoms.